The molecular formula is C11H8ClNO6S. The molecule has 0 saturated heterocycles. The zero-order valence-electron chi connectivity index (χ0n) is 10.0. The molecule has 1 amide bonds. The molecule has 106 valence electrons. The monoisotopic (exact) mass is 317 g/mol. The number of benzene rings is 1. The van der Waals surface area contributed by atoms with E-state index in [0.29, 0.717) is 10.9 Å². The summed E-state index contributed by atoms with van der Waals surface area (Å²) in [6.45, 7) is 1.73. The van der Waals surface area contributed by atoms with E-state index < -0.39 is 21.0 Å². The molecule has 0 fully saturated rings. The average molecular weight is 318 g/mol. The molecule has 0 atom stereocenters. The Hall–Kier alpha value is -2.06. The van der Waals surface area contributed by atoms with Gasteiger partial charge in [-0.2, -0.15) is 8.42 Å². The van der Waals surface area contributed by atoms with E-state index in [1.807, 2.05) is 0 Å². The summed E-state index contributed by atoms with van der Waals surface area (Å²) in [5, 5.41) is 0.669. The molecule has 0 unspecified atom stereocenters. The Labute approximate surface area is 117 Å². The summed E-state index contributed by atoms with van der Waals surface area (Å²) in [5.74, 6) is 0.00377. The highest BCUT2D eigenvalue weighted by Crippen LogP contribution is 2.22. The van der Waals surface area contributed by atoms with Gasteiger partial charge in [0.1, 0.15) is 11.3 Å². The minimum absolute atomic E-state index is 0.00377. The van der Waals surface area contributed by atoms with Crippen molar-refractivity contribution in [2.24, 2.45) is 0 Å². The lowest BCUT2D eigenvalue weighted by Gasteiger charge is -2.05. The van der Waals surface area contributed by atoms with E-state index in [2.05, 4.69) is 0 Å². The summed E-state index contributed by atoms with van der Waals surface area (Å²) in [6.07, 6.45) is -1.27. The van der Waals surface area contributed by atoms with E-state index in [9.17, 15) is 18.0 Å². The number of aryl methyl sites for hydroxylation is 1. The molecule has 0 saturated carbocycles. The molecule has 0 spiro atoms. The number of ether oxygens (including phenoxy) is 1. The van der Waals surface area contributed by atoms with Crippen molar-refractivity contribution >= 4 is 37.0 Å². The van der Waals surface area contributed by atoms with Crippen molar-refractivity contribution in [1.82, 2.24) is 4.72 Å². The van der Waals surface area contributed by atoms with Crippen LogP contribution in [0.15, 0.2) is 33.5 Å². The molecule has 0 radical (unpaired) electrons. The van der Waals surface area contributed by atoms with Crippen LogP contribution in [0.5, 0.6) is 5.75 Å². The summed E-state index contributed by atoms with van der Waals surface area (Å²) in [5.41, 5.74) is 0.379. The summed E-state index contributed by atoms with van der Waals surface area (Å²) in [7, 11) is 0.606. The van der Waals surface area contributed by atoms with Gasteiger partial charge in [0.2, 0.25) is 0 Å². The highest BCUT2D eigenvalue weighted by atomic mass is 35.7. The standard InChI is InChI=1S/C11H8ClNO6S/c1-6-4-10(14)19-9-5-7(2-3-8(6)9)18-11(15)13-20(12,16)17/h2-5H,1H3,(H,13,15). The summed E-state index contributed by atoms with van der Waals surface area (Å²) < 4.78 is 32.3. The van der Waals surface area contributed by atoms with Crippen molar-refractivity contribution in [3.63, 3.8) is 0 Å². The summed E-state index contributed by atoms with van der Waals surface area (Å²) in [4.78, 5) is 22.5. The van der Waals surface area contributed by atoms with Gasteiger partial charge >= 0.3 is 21.0 Å². The Bertz CT molecular complexity index is 842. The fourth-order valence-corrected chi connectivity index (χ4v) is 2.03. The fraction of sp³-hybridized carbons (Fsp3) is 0.0909. The molecule has 0 bridgehead atoms. The molecule has 0 aliphatic heterocycles. The molecule has 9 heteroatoms. The highest BCUT2D eigenvalue weighted by Gasteiger charge is 2.13. The van der Waals surface area contributed by atoms with Gasteiger partial charge in [-0.1, -0.05) is 0 Å². The number of fused-ring (bicyclic) bond motifs is 1. The van der Waals surface area contributed by atoms with Crippen LogP contribution in [0.3, 0.4) is 0 Å². The van der Waals surface area contributed by atoms with Crippen LogP contribution >= 0.6 is 10.7 Å². The van der Waals surface area contributed by atoms with E-state index in [-0.39, 0.29) is 11.3 Å². The zero-order chi connectivity index (χ0) is 14.9. The molecule has 0 aliphatic carbocycles. The van der Waals surface area contributed by atoms with E-state index in [0.717, 1.165) is 0 Å². The van der Waals surface area contributed by atoms with Gasteiger partial charge in [0.15, 0.2) is 0 Å². The van der Waals surface area contributed by atoms with Crippen LogP contribution in [0.2, 0.25) is 0 Å². The zero-order valence-corrected chi connectivity index (χ0v) is 11.6. The first-order chi connectivity index (χ1) is 9.24. The third kappa shape index (κ3) is 3.49. The Kier molecular flexibility index (Phi) is 3.69. The first-order valence-electron chi connectivity index (χ1n) is 5.23. The van der Waals surface area contributed by atoms with Crippen LogP contribution in [0.4, 0.5) is 4.79 Å². The smallest absolute Gasteiger partial charge is 0.423 e. The van der Waals surface area contributed by atoms with E-state index in [1.54, 1.807) is 13.0 Å². The lowest BCUT2D eigenvalue weighted by atomic mass is 10.1. The van der Waals surface area contributed by atoms with Crippen LogP contribution in [-0.4, -0.2) is 14.5 Å². The summed E-state index contributed by atoms with van der Waals surface area (Å²) >= 11 is 0. The maximum Gasteiger partial charge on any atom is 0.427 e. The van der Waals surface area contributed by atoms with Crippen molar-refractivity contribution < 1.29 is 22.4 Å². The van der Waals surface area contributed by atoms with E-state index in [4.69, 9.17) is 19.8 Å². The van der Waals surface area contributed by atoms with Gasteiger partial charge in [-0.15, -0.1) is 0 Å². The molecule has 1 heterocycles. The van der Waals surface area contributed by atoms with Crippen LogP contribution < -0.4 is 15.1 Å². The van der Waals surface area contributed by atoms with E-state index in [1.165, 1.54) is 22.9 Å². The normalized spacial score (nSPS) is 11.3. The first kappa shape index (κ1) is 14.4. The van der Waals surface area contributed by atoms with E-state index >= 15 is 0 Å². The van der Waals surface area contributed by atoms with Crippen molar-refractivity contribution in [3.8, 4) is 5.75 Å². The second-order valence-corrected chi connectivity index (χ2v) is 6.13. The molecule has 1 aromatic carbocycles. The predicted molar refractivity (Wildman–Crippen MR) is 71.2 cm³/mol. The third-order valence-corrected chi connectivity index (χ3v) is 2.98. The Balaban J connectivity index is 2.33. The number of hydrogen-bond acceptors (Lipinski definition) is 6. The fourth-order valence-electron chi connectivity index (χ4n) is 1.60. The quantitative estimate of drug-likeness (QED) is 0.667. The molecule has 2 rings (SSSR count). The first-order valence-corrected chi connectivity index (χ1v) is 7.54. The molecule has 7 nitrogen and oxygen atoms in total. The van der Waals surface area contributed by atoms with Crippen LogP contribution in [0, 0.1) is 6.92 Å². The molecular weight excluding hydrogens is 310 g/mol. The van der Waals surface area contributed by atoms with Gasteiger partial charge in [-0.05, 0) is 24.6 Å². The number of amides is 1. The maximum absolute atomic E-state index is 11.2. The molecule has 20 heavy (non-hydrogen) atoms. The minimum Gasteiger partial charge on any atom is -0.423 e. The number of carbonyl (C=O) groups is 1. The Morgan fingerprint density at radius 1 is 1.35 bits per heavy atom. The van der Waals surface area contributed by atoms with Gasteiger partial charge in [0.25, 0.3) is 0 Å². The van der Waals surface area contributed by atoms with Crippen molar-refractivity contribution in [1.29, 1.82) is 0 Å². The lowest BCUT2D eigenvalue weighted by Crippen LogP contribution is -2.29. The topological polar surface area (TPSA) is 103 Å². The van der Waals surface area contributed by atoms with Crippen molar-refractivity contribution in [2.45, 2.75) is 6.92 Å². The largest absolute Gasteiger partial charge is 0.427 e. The van der Waals surface area contributed by atoms with Crippen LogP contribution in [0.25, 0.3) is 11.0 Å². The Morgan fingerprint density at radius 2 is 2.05 bits per heavy atom. The second-order valence-electron chi connectivity index (χ2n) is 3.84. The van der Waals surface area contributed by atoms with Gasteiger partial charge < -0.3 is 9.15 Å². The molecule has 1 N–H and O–H groups in total. The van der Waals surface area contributed by atoms with Gasteiger partial charge in [-0.25, -0.2) is 14.3 Å². The number of rotatable bonds is 2. The lowest BCUT2D eigenvalue weighted by molar-refractivity contribution is 0.207. The number of carbonyl (C=O) groups excluding carboxylic acids is 1. The number of hydrogen-bond donors (Lipinski definition) is 1. The maximum atomic E-state index is 11.2. The van der Waals surface area contributed by atoms with Gasteiger partial charge in [0, 0.05) is 28.2 Å². The van der Waals surface area contributed by atoms with Gasteiger partial charge in [-0.3, -0.25) is 0 Å². The Morgan fingerprint density at radius 3 is 2.70 bits per heavy atom. The summed E-state index contributed by atoms with van der Waals surface area (Å²) in [6, 6.07) is 5.63. The number of halogens is 1. The van der Waals surface area contributed by atoms with Crippen molar-refractivity contribution in [3.05, 3.63) is 40.2 Å². The third-order valence-electron chi connectivity index (χ3n) is 2.34. The predicted octanol–water partition coefficient (Wildman–Crippen LogP) is 1.67. The molecule has 1 aromatic heterocycles. The average Bonchev–Trinajstić information content (AvgIpc) is 2.24. The van der Waals surface area contributed by atoms with Crippen molar-refractivity contribution in [2.75, 3.05) is 0 Å². The molecule has 0 aliphatic rings. The number of nitrogens with one attached hydrogen (secondary N) is 1. The van der Waals surface area contributed by atoms with Crippen LogP contribution in [-0.2, 0) is 9.24 Å². The van der Waals surface area contributed by atoms with Gasteiger partial charge in [0.05, 0.1) is 0 Å². The van der Waals surface area contributed by atoms with Crippen LogP contribution in [0.1, 0.15) is 5.56 Å². The highest BCUT2D eigenvalue weighted by molar-refractivity contribution is 8.12. The SMILES string of the molecule is Cc1cc(=O)oc2cc(OC(=O)NS(=O)(=O)Cl)ccc12. The second kappa shape index (κ2) is 5.14. The minimum atomic E-state index is -4.23. The molecule has 2 aromatic rings.